The molecule has 116 valence electrons. The Bertz CT molecular complexity index is 812. The molecule has 23 heavy (non-hydrogen) atoms. The van der Waals surface area contributed by atoms with Gasteiger partial charge < -0.3 is 10.6 Å². The van der Waals surface area contributed by atoms with Crippen molar-refractivity contribution in [1.82, 2.24) is 15.2 Å². The largest absolute Gasteiger partial charge is 0.364 e. The van der Waals surface area contributed by atoms with Crippen LogP contribution in [0.15, 0.2) is 54.7 Å². The molecule has 0 saturated carbocycles. The molecule has 1 aromatic heterocycles. The van der Waals surface area contributed by atoms with Crippen molar-refractivity contribution in [1.29, 1.82) is 0 Å². The van der Waals surface area contributed by atoms with Crippen LogP contribution in [-0.2, 0) is 6.54 Å². The highest BCUT2D eigenvalue weighted by atomic mass is 35.5. The highest BCUT2D eigenvalue weighted by Gasteiger charge is 2.05. The van der Waals surface area contributed by atoms with Crippen LogP contribution >= 0.6 is 11.6 Å². The van der Waals surface area contributed by atoms with Crippen molar-refractivity contribution >= 4 is 29.1 Å². The Kier molecular flexibility index (Phi) is 4.63. The predicted octanol–water partition coefficient (Wildman–Crippen LogP) is 4.02. The van der Waals surface area contributed by atoms with E-state index in [2.05, 4.69) is 25.8 Å². The van der Waals surface area contributed by atoms with E-state index in [0.717, 1.165) is 5.56 Å². The van der Waals surface area contributed by atoms with Crippen LogP contribution in [0.2, 0.25) is 5.02 Å². The van der Waals surface area contributed by atoms with Gasteiger partial charge in [-0.15, -0.1) is 5.10 Å². The fourth-order valence-corrected chi connectivity index (χ4v) is 2.15. The summed E-state index contributed by atoms with van der Waals surface area (Å²) in [5.41, 5.74) is 1.23. The zero-order valence-corrected chi connectivity index (χ0v) is 12.8. The van der Waals surface area contributed by atoms with Crippen LogP contribution in [0.4, 0.5) is 21.8 Å². The minimum atomic E-state index is -0.384. The molecule has 0 spiro atoms. The lowest BCUT2D eigenvalue weighted by Crippen LogP contribution is -2.06. The molecule has 0 aliphatic rings. The third kappa shape index (κ3) is 3.92. The molecule has 0 aliphatic carbocycles. The Morgan fingerprint density at radius 2 is 1.83 bits per heavy atom. The van der Waals surface area contributed by atoms with E-state index < -0.39 is 0 Å². The van der Waals surface area contributed by atoms with Gasteiger partial charge in [-0.1, -0.05) is 41.9 Å². The van der Waals surface area contributed by atoms with Crippen molar-refractivity contribution in [2.24, 2.45) is 0 Å². The molecular weight excluding hydrogens is 317 g/mol. The summed E-state index contributed by atoms with van der Waals surface area (Å²) in [6.07, 6.45) is 1.49. The van der Waals surface area contributed by atoms with E-state index >= 15 is 0 Å². The number of aromatic nitrogens is 3. The van der Waals surface area contributed by atoms with Gasteiger partial charge in [-0.05, 0) is 23.8 Å². The Morgan fingerprint density at radius 1 is 1.04 bits per heavy atom. The van der Waals surface area contributed by atoms with Crippen LogP contribution in [0.25, 0.3) is 0 Å². The highest BCUT2D eigenvalue weighted by molar-refractivity contribution is 6.31. The van der Waals surface area contributed by atoms with Crippen LogP contribution in [0.3, 0.4) is 0 Å². The monoisotopic (exact) mass is 329 g/mol. The zero-order chi connectivity index (χ0) is 16.1. The summed E-state index contributed by atoms with van der Waals surface area (Å²) in [4.78, 5) is 4.25. The van der Waals surface area contributed by atoms with Crippen molar-refractivity contribution in [2.45, 2.75) is 6.54 Å². The van der Waals surface area contributed by atoms with Crippen LogP contribution < -0.4 is 10.6 Å². The van der Waals surface area contributed by atoms with Gasteiger partial charge in [-0.3, -0.25) is 0 Å². The molecule has 0 unspecified atom stereocenters. The number of anilines is 3. The molecule has 0 fully saturated rings. The van der Waals surface area contributed by atoms with Crippen molar-refractivity contribution < 1.29 is 4.39 Å². The summed E-state index contributed by atoms with van der Waals surface area (Å²) in [6.45, 7) is 0.498. The average molecular weight is 330 g/mol. The molecule has 0 atom stereocenters. The molecule has 7 heteroatoms. The highest BCUT2D eigenvalue weighted by Crippen LogP contribution is 2.18. The summed E-state index contributed by atoms with van der Waals surface area (Å²) in [5, 5.41) is 14.3. The fraction of sp³-hybridized carbons (Fsp3) is 0.0625. The summed E-state index contributed by atoms with van der Waals surface area (Å²) in [5.74, 6) is 0.337. The van der Waals surface area contributed by atoms with Crippen LogP contribution in [0.5, 0.6) is 0 Å². The molecule has 3 aromatic rings. The summed E-state index contributed by atoms with van der Waals surface area (Å²) >= 11 is 6.10. The average Bonchev–Trinajstić information content (AvgIpc) is 2.57. The van der Waals surface area contributed by atoms with E-state index in [1.54, 1.807) is 18.2 Å². The molecule has 5 nitrogen and oxygen atoms in total. The summed E-state index contributed by atoms with van der Waals surface area (Å²) in [6, 6.07) is 13.8. The summed E-state index contributed by atoms with van der Waals surface area (Å²) in [7, 11) is 0. The van der Waals surface area contributed by atoms with E-state index in [4.69, 9.17) is 11.6 Å². The maximum atomic E-state index is 13.6. The first-order valence-electron chi connectivity index (χ1n) is 6.91. The molecule has 2 aromatic carbocycles. The number of nitrogens with one attached hydrogen (secondary N) is 2. The van der Waals surface area contributed by atoms with E-state index in [1.165, 1.54) is 12.3 Å². The van der Waals surface area contributed by atoms with Crippen LogP contribution in [-0.4, -0.2) is 15.2 Å². The number of para-hydroxylation sites is 1. The Balaban J connectivity index is 1.70. The Hall–Kier alpha value is -2.73. The van der Waals surface area contributed by atoms with Crippen molar-refractivity contribution in [2.75, 3.05) is 10.6 Å². The predicted molar refractivity (Wildman–Crippen MR) is 88.3 cm³/mol. The molecule has 0 aliphatic heterocycles. The van der Waals surface area contributed by atoms with E-state index in [0.29, 0.717) is 17.4 Å². The second-order valence-corrected chi connectivity index (χ2v) is 5.12. The second kappa shape index (κ2) is 7.02. The quantitative estimate of drug-likeness (QED) is 0.740. The molecule has 2 N–H and O–H groups in total. The minimum absolute atomic E-state index is 0.208. The number of halogens is 2. The Labute approximate surface area is 137 Å². The Morgan fingerprint density at radius 3 is 2.65 bits per heavy atom. The first-order valence-corrected chi connectivity index (χ1v) is 7.29. The molecule has 3 rings (SSSR count). The molecule has 0 amide bonds. The van der Waals surface area contributed by atoms with Crippen LogP contribution in [0.1, 0.15) is 5.56 Å². The lowest BCUT2D eigenvalue weighted by molar-refractivity contribution is 0.631. The maximum absolute atomic E-state index is 13.6. The number of rotatable bonds is 5. The van der Waals surface area contributed by atoms with Gasteiger partial charge in [-0.2, -0.15) is 10.1 Å². The third-order valence-corrected chi connectivity index (χ3v) is 3.47. The van der Waals surface area contributed by atoms with E-state index in [9.17, 15) is 4.39 Å². The molecule has 1 heterocycles. The van der Waals surface area contributed by atoms with Crippen molar-refractivity contribution in [3.8, 4) is 0 Å². The van der Waals surface area contributed by atoms with E-state index in [-0.39, 0.29) is 17.5 Å². The first-order chi connectivity index (χ1) is 11.2. The lowest BCUT2D eigenvalue weighted by Gasteiger charge is -2.09. The number of benzene rings is 2. The van der Waals surface area contributed by atoms with Crippen molar-refractivity contribution in [3.05, 3.63) is 71.1 Å². The first kappa shape index (κ1) is 15.2. The molecule has 0 saturated heterocycles. The standard InChI is InChI=1S/C16H13ClFN5/c17-12-6-2-1-5-11(12)9-19-15-10-20-23-16(22-15)21-14-8-4-3-7-13(14)18/h1-8,10H,9H2,(H2,19,21,22,23). The van der Waals surface area contributed by atoms with Crippen LogP contribution in [0, 0.1) is 5.82 Å². The molecule has 0 bridgehead atoms. The fourth-order valence-electron chi connectivity index (χ4n) is 1.95. The SMILES string of the molecule is Fc1ccccc1Nc1nncc(NCc2ccccc2Cl)n1. The molecule has 0 radical (unpaired) electrons. The topological polar surface area (TPSA) is 62.7 Å². The van der Waals surface area contributed by atoms with Gasteiger partial charge in [-0.25, -0.2) is 4.39 Å². The number of nitrogens with zero attached hydrogens (tertiary/aromatic N) is 3. The smallest absolute Gasteiger partial charge is 0.249 e. The van der Waals surface area contributed by atoms with Gasteiger partial charge in [0.2, 0.25) is 5.95 Å². The normalized spacial score (nSPS) is 10.3. The summed E-state index contributed by atoms with van der Waals surface area (Å²) < 4.78 is 13.6. The van der Waals surface area contributed by atoms with Gasteiger partial charge in [0.1, 0.15) is 5.82 Å². The third-order valence-electron chi connectivity index (χ3n) is 3.10. The van der Waals surface area contributed by atoms with Gasteiger partial charge in [0.15, 0.2) is 5.82 Å². The van der Waals surface area contributed by atoms with Crippen molar-refractivity contribution in [3.63, 3.8) is 0 Å². The minimum Gasteiger partial charge on any atom is -0.364 e. The molecular formula is C16H13ClFN5. The number of hydrogen-bond donors (Lipinski definition) is 2. The lowest BCUT2D eigenvalue weighted by atomic mass is 10.2. The maximum Gasteiger partial charge on any atom is 0.249 e. The van der Waals surface area contributed by atoms with Gasteiger partial charge >= 0.3 is 0 Å². The van der Waals surface area contributed by atoms with Gasteiger partial charge in [0.05, 0.1) is 11.9 Å². The van der Waals surface area contributed by atoms with Gasteiger partial charge in [0, 0.05) is 11.6 Å². The zero-order valence-electron chi connectivity index (χ0n) is 12.0. The van der Waals surface area contributed by atoms with E-state index in [1.807, 2.05) is 24.3 Å². The number of hydrogen-bond acceptors (Lipinski definition) is 5. The second-order valence-electron chi connectivity index (χ2n) is 4.72. The van der Waals surface area contributed by atoms with Gasteiger partial charge in [0.25, 0.3) is 0 Å².